The second kappa shape index (κ2) is 7.02. The maximum atomic E-state index is 12.8. The number of aromatic nitrogens is 1. The third-order valence-electron chi connectivity index (χ3n) is 4.44. The number of carbonyl (C=O) groups is 1. The average Bonchev–Trinajstić information content (AvgIpc) is 3.09. The number of fused-ring (bicyclic) bond motifs is 1. The topological polar surface area (TPSA) is 60.2 Å². The van der Waals surface area contributed by atoms with Crippen molar-refractivity contribution < 1.29 is 4.79 Å². The van der Waals surface area contributed by atoms with Gasteiger partial charge >= 0.3 is 0 Å². The van der Waals surface area contributed by atoms with E-state index in [2.05, 4.69) is 29.4 Å². The molecule has 0 saturated heterocycles. The predicted molar refractivity (Wildman–Crippen MR) is 95.0 cm³/mol. The Morgan fingerprint density at radius 1 is 1.50 bits per heavy atom. The summed E-state index contributed by atoms with van der Waals surface area (Å²) in [5.74, 6) is 0.816. The SMILES string of the molecule is CC[C@@H]1c2ccsc2CCN1C(=O)CN(C)c1ccc(C#N)cn1. The van der Waals surface area contributed by atoms with Crippen molar-refractivity contribution in [3.63, 3.8) is 0 Å². The number of thiophene rings is 1. The normalized spacial score (nSPS) is 16.4. The Balaban J connectivity index is 1.71. The maximum absolute atomic E-state index is 12.8. The summed E-state index contributed by atoms with van der Waals surface area (Å²) in [4.78, 5) is 22.3. The molecule has 0 fully saturated rings. The minimum Gasteiger partial charge on any atom is -0.350 e. The summed E-state index contributed by atoms with van der Waals surface area (Å²) in [6.07, 6.45) is 3.39. The molecule has 0 saturated carbocycles. The van der Waals surface area contributed by atoms with Crippen LogP contribution in [-0.2, 0) is 11.2 Å². The fourth-order valence-electron chi connectivity index (χ4n) is 3.19. The van der Waals surface area contributed by atoms with Crippen LogP contribution in [0.2, 0.25) is 0 Å². The van der Waals surface area contributed by atoms with Gasteiger partial charge < -0.3 is 9.80 Å². The van der Waals surface area contributed by atoms with E-state index in [1.807, 2.05) is 16.8 Å². The molecule has 0 spiro atoms. The van der Waals surface area contributed by atoms with E-state index in [4.69, 9.17) is 5.26 Å². The van der Waals surface area contributed by atoms with Gasteiger partial charge in [0.15, 0.2) is 0 Å². The zero-order valence-electron chi connectivity index (χ0n) is 13.9. The zero-order valence-corrected chi connectivity index (χ0v) is 14.7. The second-order valence-corrected chi connectivity index (χ2v) is 6.93. The zero-order chi connectivity index (χ0) is 17.1. The highest BCUT2D eigenvalue weighted by Gasteiger charge is 2.30. The van der Waals surface area contributed by atoms with E-state index in [1.54, 1.807) is 23.5 Å². The molecule has 0 N–H and O–H groups in total. The van der Waals surface area contributed by atoms with Crippen LogP contribution in [0.1, 0.15) is 35.4 Å². The molecule has 1 atom stereocenters. The second-order valence-electron chi connectivity index (χ2n) is 5.93. The summed E-state index contributed by atoms with van der Waals surface area (Å²) in [6.45, 7) is 3.19. The van der Waals surface area contributed by atoms with E-state index < -0.39 is 0 Å². The largest absolute Gasteiger partial charge is 0.350 e. The fourth-order valence-corrected chi connectivity index (χ4v) is 4.12. The number of pyridine rings is 1. The van der Waals surface area contributed by atoms with E-state index >= 15 is 0 Å². The molecule has 6 heteroatoms. The molecule has 3 rings (SSSR count). The summed E-state index contributed by atoms with van der Waals surface area (Å²) in [5, 5.41) is 11.0. The van der Waals surface area contributed by atoms with Crippen molar-refractivity contribution in [1.29, 1.82) is 5.26 Å². The van der Waals surface area contributed by atoms with Gasteiger partial charge in [0.05, 0.1) is 18.2 Å². The van der Waals surface area contributed by atoms with Crippen molar-refractivity contribution in [2.24, 2.45) is 0 Å². The number of rotatable bonds is 4. The molecule has 2 aromatic heterocycles. The molecule has 0 unspecified atom stereocenters. The number of anilines is 1. The minimum atomic E-state index is 0.118. The summed E-state index contributed by atoms with van der Waals surface area (Å²) in [6, 6.07) is 7.87. The molecule has 24 heavy (non-hydrogen) atoms. The number of hydrogen-bond acceptors (Lipinski definition) is 5. The first-order chi connectivity index (χ1) is 11.6. The van der Waals surface area contributed by atoms with Gasteiger partial charge in [-0.05, 0) is 42.0 Å². The minimum absolute atomic E-state index is 0.118. The van der Waals surface area contributed by atoms with Crippen LogP contribution in [0.25, 0.3) is 0 Å². The summed E-state index contributed by atoms with van der Waals surface area (Å²) in [7, 11) is 1.85. The molecule has 1 aliphatic heterocycles. The number of nitrogens with zero attached hydrogens (tertiary/aromatic N) is 4. The van der Waals surface area contributed by atoms with Gasteiger partial charge in [-0.1, -0.05) is 6.92 Å². The van der Waals surface area contributed by atoms with Gasteiger partial charge in [-0.15, -0.1) is 11.3 Å². The Hall–Kier alpha value is -2.39. The maximum Gasteiger partial charge on any atom is 0.242 e. The molecule has 1 aliphatic rings. The number of amides is 1. The monoisotopic (exact) mass is 340 g/mol. The van der Waals surface area contributed by atoms with Crippen LogP contribution in [0, 0.1) is 11.3 Å². The first-order valence-corrected chi connectivity index (χ1v) is 8.95. The lowest BCUT2D eigenvalue weighted by molar-refractivity contribution is -0.132. The molecule has 3 heterocycles. The first kappa shape index (κ1) is 16.5. The molecular formula is C18H20N4OS. The summed E-state index contributed by atoms with van der Waals surface area (Å²) < 4.78 is 0. The lowest BCUT2D eigenvalue weighted by atomic mass is 9.97. The Labute approximate surface area is 146 Å². The molecule has 2 aromatic rings. The highest BCUT2D eigenvalue weighted by molar-refractivity contribution is 7.10. The van der Waals surface area contributed by atoms with Gasteiger partial charge in [-0.2, -0.15) is 5.26 Å². The van der Waals surface area contributed by atoms with E-state index in [-0.39, 0.29) is 18.5 Å². The molecule has 0 aliphatic carbocycles. The third-order valence-corrected chi connectivity index (χ3v) is 5.44. The smallest absolute Gasteiger partial charge is 0.242 e. The van der Waals surface area contributed by atoms with Crippen LogP contribution in [0.5, 0.6) is 0 Å². The van der Waals surface area contributed by atoms with Crippen LogP contribution in [-0.4, -0.2) is 35.9 Å². The average molecular weight is 340 g/mol. The first-order valence-electron chi connectivity index (χ1n) is 8.07. The summed E-state index contributed by atoms with van der Waals surface area (Å²) in [5.41, 5.74) is 1.83. The third kappa shape index (κ3) is 3.13. The van der Waals surface area contributed by atoms with Crippen LogP contribution in [0.3, 0.4) is 0 Å². The van der Waals surface area contributed by atoms with Gasteiger partial charge in [0, 0.05) is 24.7 Å². The number of nitriles is 1. The van der Waals surface area contributed by atoms with Crippen LogP contribution in [0.15, 0.2) is 29.8 Å². The molecule has 1 amide bonds. The van der Waals surface area contributed by atoms with Crippen molar-refractivity contribution in [3.05, 3.63) is 45.8 Å². The van der Waals surface area contributed by atoms with Gasteiger partial charge in [0.1, 0.15) is 11.9 Å². The molecule has 0 aromatic carbocycles. The van der Waals surface area contributed by atoms with Crippen LogP contribution in [0.4, 0.5) is 5.82 Å². The quantitative estimate of drug-likeness (QED) is 0.858. The molecule has 5 nitrogen and oxygen atoms in total. The Morgan fingerprint density at radius 2 is 2.33 bits per heavy atom. The lowest BCUT2D eigenvalue weighted by Gasteiger charge is -2.36. The van der Waals surface area contributed by atoms with Gasteiger partial charge in [-0.25, -0.2) is 4.98 Å². The van der Waals surface area contributed by atoms with Gasteiger partial charge in [0.2, 0.25) is 5.91 Å². The standard InChI is InChI=1S/C18H20N4OS/c1-3-15-14-7-9-24-16(14)6-8-22(15)18(23)12-21(2)17-5-4-13(10-19)11-20-17/h4-5,7,9,11,15H,3,6,8,12H2,1-2H3/t15-/m1/s1. The van der Waals surface area contributed by atoms with Gasteiger partial charge in [0.25, 0.3) is 0 Å². The van der Waals surface area contributed by atoms with Crippen molar-refractivity contribution in [2.75, 3.05) is 25.0 Å². The van der Waals surface area contributed by atoms with Crippen molar-refractivity contribution in [2.45, 2.75) is 25.8 Å². The van der Waals surface area contributed by atoms with Crippen molar-refractivity contribution in [1.82, 2.24) is 9.88 Å². The fraction of sp³-hybridized carbons (Fsp3) is 0.389. The van der Waals surface area contributed by atoms with E-state index in [0.29, 0.717) is 11.4 Å². The van der Waals surface area contributed by atoms with E-state index in [9.17, 15) is 4.79 Å². The van der Waals surface area contributed by atoms with Crippen LogP contribution < -0.4 is 4.90 Å². The predicted octanol–water partition coefficient (Wildman–Crippen LogP) is 2.99. The van der Waals surface area contributed by atoms with Crippen LogP contribution >= 0.6 is 11.3 Å². The van der Waals surface area contributed by atoms with E-state index in [1.165, 1.54) is 16.6 Å². The number of hydrogen-bond donors (Lipinski definition) is 0. The lowest BCUT2D eigenvalue weighted by Crippen LogP contribution is -2.44. The van der Waals surface area contributed by atoms with Crippen molar-refractivity contribution in [3.8, 4) is 6.07 Å². The Bertz CT molecular complexity index is 762. The highest BCUT2D eigenvalue weighted by Crippen LogP contribution is 2.35. The molecule has 124 valence electrons. The van der Waals surface area contributed by atoms with Crippen molar-refractivity contribution >= 4 is 23.1 Å². The number of carbonyl (C=O) groups excluding carboxylic acids is 1. The highest BCUT2D eigenvalue weighted by atomic mass is 32.1. The summed E-state index contributed by atoms with van der Waals surface area (Å²) >= 11 is 1.79. The van der Waals surface area contributed by atoms with Gasteiger partial charge in [-0.3, -0.25) is 4.79 Å². The molecule has 0 radical (unpaired) electrons. The Kier molecular flexibility index (Phi) is 4.81. The number of likely N-dealkylation sites (N-methyl/N-ethyl adjacent to an activating group) is 1. The molecular weight excluding hydrogens is 320 g/mol. The Morgan fingerprint density at radius 3 is 3.00 bits per heavy atom. The van der Waals surface area contributed by atoms with E-state index in [0.717, 1.165) is 19.4 Å². The molecule has 0 bridgehead atoms.